The van der Waals surface area contributed by atoms with Crippen molar-refractivity contribution in [1.29, 1.82) is 0 Å². The van der Waals surface area contributed by atoms with E-state index in [0.29, 0.717) is 0 Å². The normalized spacial score (nSPS) is 10.4. The van der Waals surface area contributed by atoms with E-state index in [1.807, 2.05) is 10.9 Å². The molecule has 0 radical (unpaired) electrons. The Morgan fingerprint density at radius 1 is 1.64 bits per heavy atom. The summed E-state index contributed by atoms with van der Waals surface area (Å²) in [7, 11) is 0. The highest BCUT2D eigenvalue weighted by atomic mass is 15.3. The maximum Gasteiger partial charge on any atom is 0.0521 e. The fourth-order valence-electron chi connectivity index (χ4n) is 0.965. The molecule has 0 atom stereocenters. The van der Waals surface area contributed by atoms with Gasteiger partial charge in [-0.3, -0.25) is 4.68 Å². The van der Waals surface area contributed by atoms with Crippen molar-refractivity contribution in [3.8, 4) is 0 Å². The molecule has 1 rings (SSSR count). The van der Waals surface area contributed by atoms with Gasteiger partial charge in [0.2, 0.25) is 0 Å². The molecule has 11 heavy (non-hydrogen) atoms. The van der Waals surface area contributed by atoms with Gasteiger partial charge < -0.3 is 5.73 Å². The Kier molecular flexibility index (Phi) is 3.11. The highest BCUT2D eigenvalue weighted by Crippen LogP contribution is 1.98. The van der Waals surface area contributed by atoms with Crippen molar-refractivity contribution in [2.75, 3.05) is 6.54 Å². The van der Waals surface area contributed by atoms with Gasteiger partial charge in [0.05, 0.1) is 6.20 Å². The average molecular weight is 153 g/mol. The zero-order valence-electron chi connectivity index (χ0n) is 6.95. The van der Waals surface area contributed by atoms with E-state index in [1.54, 1.807) is 0 Å². The fourth-order valence-corrected chi connectivity index (χ4v) is 0.965. The van der Waals surface area contributed by atoms with Gasteiger partial charge in [0.15, 0.2) is 0 Å². The molecule has 3 nitrogen and oxygen atoms in total. The summed E-state index contributed by atoms with van der Waals surface area (Å²) >= 11 is 0. The molecule has 0 aliphatic rings. The zero-order valence-corrected chi connectivity index (χ0v) is 6.95. The molecular formula is C8H15N3. The number of rotatable bonds is 4. The van der Waals surface area contributed by atoms with Crippen LogP contribution in [0.4, 0.5) is 0 Å². The molecular weight excluding hydrogens is 138 g/mol. The van der Waals surface area contributed by atoms with E-state index in [0.717, 1.165) is 25.9 Å². The number of nitrogens with two attached hydrogens (primary N) is 1. The Hall–Kier alpha value is -0.830. The largest absolute Gasteiger partial charge is 0.330 e. The summed E-state index contributed by atoms with van der Waals surface area (Å²) in [4.78, 5) is 0. The second kappa shape index (κ2) is 4.13. The SMILES string of the molecule is CCc1cnn(CCCN)c1. The molecule has 3 heteroatoms. The predicted octanol–water partition coefficient (Wildman–Crippen LogP) is 0.794. The van der Waals surface area contributed by atoms with Gasteiger partial charge in [-0.2, -0.15) is 5.10 Å². The first kappa shape index (κ1) is 8.27. The summed E-state index contributed by atoms with van der Waals surface area (Å²) in [5.41, 5.74) is 6.67. The summed E-state index contributed by atoms with van der Waals surface area (Å²) < 4.78 is 1.95. The van der Waals surface area contributed by atoms with Gasteiger partial charge in [0.25, 0.3) is 0 Å². The van der Waals surface area contributed by atoms with Gasteiger partial charge in [-0.1, -0.05) is 6.92 Å². The Morgan fingerprint density at radius 2 is 2.45 bits per heavy atom. The molecule has 0 spiro atoms. The zero-order chi connectivity index (χ0) is 8.10. The van der Waals surface area contributed by atoms with Crippen molar-refractivity contribution < 1.29 is 0 Å². The van der Waals surface area contributed by atoms with Crippen molar-refractivity contribution in [3.63, 3.8) is 0 Å². The maximum absolute atomic E-state index is 5.37. The Balaban J connectivity index is 2.44. The van der Waals surface area contributed by atoms with Gasteiger partial charge in [-0.05, 0) is 24.9 Å². The monoisotopic (exact) mass is 153 g/mol. The smallest absolute Gasteiger partial charge is 0.0521 e. The number of aromatic nitrogens is 2. The van der Waals surface area contributed by atoms with Gasteiger partial charge >= 0.3 is 0 Å². The van der Waals surface area contributed by atoms with E-state index in [-0.39, 0.29) is 0 Å². The van der Waals surface area contributed by atoms with Crippen LogP contribution in [0.25, 0.3) is 0 Å². The molecule has 0 saturated heterocycles. The third kappa shape index (κ3) is 2.35. The summed E-state index contributed by atoms with van der Waals surface area (Å²) in [5.74, 6) is 0. The lowest BCUT2D eigenvalue weighted by atomic mass is 10.3. The Bertz CT molecular complexity index is 205. The van der Waals surface area contributed by atoms with Crippen LogP contribution in [0.3, 0.4) is 0 Å². The number of hydrogen-bond donors (Lipinski definition) is 1. The summed E-state index contributed by atoms with van der Waals surface area (Å²) in [5, 5.41) is 4.19. The minimum atomic E-state index is 0.737. The van der Waals surface area contributed by atoms with Crippen LogP contribution < -0.4 is 5.73 Å². The fraction of sp³-hybridized carbons (Fsp3) is 0.625. The molecule has 0 aliphatic carbocycles. The molecule has 0 bridgehead atoms. The molecule has 1 aromatic heterocycles. The molecule has 0 fully saturated rings. The lowest BCUT2D eigenvalue weighted by molar-refractivity contribution is 0.584. The molecule has 0 aliphatic heterocycles. The first-order valence-corrected chi connectivity index (χ1v) is 4.08. The first-order chi connectivity index (χ1) is 5.36. The molecule has 0 saturated carbocycles. The van der Waals surface area contributed by atoms with E-state index in [4.69, 9.17) is 5.73 Å². The van der Waals surface area contributed by atoms with Crippen molar-refractivity contribution in [3.05, 3.63) is 18.0 Å². The van der Waals surface area contributed by atoms with Gasteiger partial charge in [-0.15, -0.1) is 0 Å². The second-order valence-corrected chi connectivity index (χ2v) is 2.61. The number of nitrogens with zero attached hydrogens (tertiary/aromatic N) is 2. The average Bonchev–Trinajstić information content (AvgIpc) is 2.48. The van der Waals surface area contributed by atoms with E-state index in [1.165, 1.54) is 5.56 Å². The van der Waals surface area contributed by atoms with Crippen molar-refractivity contribution in [2.45, 2.75) is 26.3 Å². The lowest BCUT2D eigenvalue weighted by Crippen LogP contribution is -2.05. The van der Waals surface area contributed by atoms with E-state index < -0.39 is 0 Å². The summed E-state index contributed by atoms with van der Waals surface area (Å²) in [6.45, 7) is 3.81. The standard InChI is InChI=1S/C8H15N3/c1-2-8-6-10-11(7-8)5-3-4-9/h6-7H,2-5,9H2,1H3. The van der Waals surface area contributed by atoms with Crippen LogP contribution in [-0.2, 0) is 13.0 Å². The van der Waals surface area contributed by atoms with E-state index >= 15 is 0 Å². The first-order valence-electron chi connectivity index (χ1n) is 4.08. The van der Waals surface area contributed by atoms with Crippen molar-refractivity contribution in [2.24, 2.45) is 5.73 Å². The van der Waals surface area contributed by atoms with Gasteiger partial charge in [0, 0.05) is 12.7 Å². The van der Waals surface area contributed by atoms with Crippen molar-refractivity contribution >= 4 is 0 Å². The quantitative estimate of drug-likeness (QED) is 0.695. The number of aryl methyl sites for hydroxylation is 2. The summed E-state index contributed by atoms with van der Waals surface area (Å²) in [6.07, 6.45) is 6.06. The van der Waals surface area contributed by atoms with Crippen LogP contribution in [0.15, 0.2) is 12.4 Å². The van der Waals surface area contributed by atoms with Crippen LogP contribution in [0, 0.1) is 0 Å². The van der Waals surface area contributed by atoms with Crippen LogP contribution in [-0.4, -0.2) is 16.3 Å². The lowest BCUT2D eigenvalue weighted by Gasteiger charge is -1.96. The topological polar surface area (TPSA) is 43.8 Å². The predicted molar refractivity (Wildman–Crippen MR) is 45.3 cm³/mol. The number of hydrogen-bond acceptors (Lipinski definition) is 2. The van der Waals surface area contributed by atoms with Crippen LogP contribution in [0.2, 0.25) is 0 Å². The molecule has 62 valence electrons. The Labute approximate surface area is 67.2 Å². The molecule has 0 amide bonds. The van der Waals surface area contributed by atoms with E-state index in [9.17, 15) is 0 Å². The highest BCUT2D eigenvalue weighted by molar-refractivity contribution is 5.02. The molecule has 0 aromatic carbocycles. The molecule has 0 unspecified atom stereocenters. The Morgan fingerprint density at radius 3 is 3.00 bits per heavy atom. The highest BCUT2D eigenvalue weighted by Gasteiger charge is 1.93. The second-order valence-electron chi connectivity index (χ2n) is 2.61. The van der Waals surface area contributed by atoms with Gasteiger partial charge in [-0.25, -0.2) is 0 Å². The third-order valence-electron chi connectivity index (χ3n) is 1.69. The molecule has 2 N–H and O–H groups in total. The van der Waals surface area contributed by atoms with E-state index in [2.05, 4.69) is 18.2 Å². The molecule has 1 heterocycles. The third-order valence-corrected chi connectivity index (χ3v) is 1.69. The van der Waals surface area contributed by atoms with Crippen LogP contribution in [0.1, 0.15) is 18.9 Å². The van der Waals surface area contributed by atoms with Crippen LogP contribution in [0.5, 0.6) is 0 Å². The van der Waals surface area contributed by atoms with Crippen molar-refractivity contribution in [1.82, 2.24) is 9.78 Å². The van der Waals surface area contributed by atoms with Crippen LogP contribution >= 0.6 is 0 Å². The minimum absolute atomic E-state index is 0.737. The maximum atomic E-state index is 5.37. The van der Waals surface area contributed by atoms with Gasteiger partial charge in [0.1, 0.15) is 0 Å². The molecule has 1 aromatic rings. The summed E-state index contributed by atoms with van der Waals surface area (Å²) in [6, 6.07) is 0. The minimum Gasteiger partial charge on any atom is -0.330 e.